The Morgan fingerprint density at radius 2 is 1.84 bits per heavy atom. The number of aromatic carboxylic acids is 1. The summed E-state index contributed by atoms with van der Waals surface area (Å²) in [5.41, 5.74) is -1.89. The van der Waals surface area contributed by atoms with Gasteiger partial charge in [-0.3, -0.25) is 29.0 Å². The first-order chi connectivity index (χ1) is 17.6. The molecule has 0 fully saturated rings. The van der Waals surface area contributed by atoms with Crippen molar-refractivity contribution in [1.29, 1.82) is 0 Å². The van der Waals surface area contributed by atoms with Crippen LogP contribution < -0.4 is 10.4 Å². The smallest absolute Gasteiger partial charge is 0.341 e. The lowest BCUT2D eigenvalue weighted by atomic mass is 9.93. The molecule has 9 nitrogen and oxygen atoms in total. The minimum atomic E-state index is -1.65. The number of carbonyl (C=O) groups is 3. The number of nitrogens with zero attached hydrogens (tertiary/aromatic N) is 3. The number of fused-ring (bicyclic) bond motifs is 3. The number of aromatic nitrogens is 1. The Bertz CT molecular complexity index is 1590. The second-order valence-electron chi connectivity index (χ2n) is 8.23. The van der Waals surface area contributed by atoms with Crippen LogP contribution in [0.3, 0.4) is 0 Å². The van der Waals surface area contributed by atoms with Crippen LogP contribution >= 0.6 is 11.8 Å². The average Bonchev–Trinajstić information content (AvgIpc) is 3.05. The molecule has 188 valence electrons. The molecule has 0 radical (unpaired) electrons. The lowest BCUT2D eigenvalue weighted by Crippen LogP contribution is -2.57. The average molecular weight is 525 g/mol. The summed E-state index contributed by atoms with van der Waals surface area (Å²) in [6.07, 6.45) is 1.74. The normalized spacial score (nSPS) is 16.4. The van der Waals surface area contributed by atoms with Crippen LogP contribution in [0.5, 0.6) is 5.75 Å². The van der Waals surface area contributed by atoms with Gasteiger partial charge in [0.15, 0.2) is 23.1 Å². The third kappa shape index (κ3) is 3.68. The number of aromatic hydroxyl groups is 1. The maximum Gasteiger partial charge on any atom is 0.341 e. The van der Waals surface area contributed by atoms with E-state index in [2.05, 4.69) is 6.58 Å². The van der Waals surface area contributed by atoms with Gasteiger partial charge in [-0.1, -0.05) is 30.8 Å². The molecule has 1 atom stereocenters. The quantitative estimate of drug-likeness (QED) is 0.501. The molecular formula is C25H17F2N3O6S. The van der Waals surface area contributed by atoms with Crippen molar-refractivity contribution in [2.24, 2.45) is 0 Å². The molecule has 0 aliphatic carbocycles. The molecule has 37 heavy (non-hydrogen) atoms. The van der Waals surface area contributed by atoms with E-state index in [1.54, 1.807) is 24.3 Å². The molecule has 0 saturated carbocycles. The number of imide groups is 1. The van der Waals surface area contributed by atoms with Crippen LogP contribution in [0.25, 0.3) is 0 Å². The molecule has 2 N–H and O–H groups in total. The van der Waals surface area contributed by atoms with Gasteiger partial charge in [-0.15, -0.1) is 11.8 Å². The van der Waals surface area contributed by atoms with E-state index < -0.39 is 64.6 Å². The second-order valence-corrected chi connectivity index (χ2v) is 9.25. The van der Waals surface area contributed by atoms with Crippen molar-refractivity contribution in [1.82, 2.24) is 9.58 Å². The van der Waals surface area contributed by atoms with E-state index in [1.165, 1.54) is 22.8 Å². The fraction of sp³-hybridized carbons (Fsp3) is 0.120. The molecule has 3 aromatic rings. The van der Waals surface area contributed by atoms with Gasteiger partial charge in [-0.25, -0.2) is 13.6 Å². The maximum atomic E-state index is 15.0. The van der Waals surface area contributed by atoms with Crippen molar-refractivity contribution in [2.45, 2.75) is 16.7 Å². The molecular weight excluding hydrogens is 508 g/mol. The van der Waals surface area contributed by atoms with E-state index >= 15 is 4.39 Å². The summed E-state index contributed by atoms with van der Waals surface area (Å²) in [5.74, 6) is -6.79. The predicted molar refractivity (Wildman–Crippen MR) is 128 cm³/mol. The largest absolute Gasteiger partial charge is 0.502 e. The number of rotatable bonds is 3. The fourth-order valence-electron chi connectivity index (χ4n) is 4.52. The van der Waals surface area contributed by atoms with Gasteiger partial charge in [0.1, 0.15) is 12.2 Å². The number of halogens is 2. The number of benzene rings is 2. The molecule has 2 aliphatic heterocycles. The molecule has 1 aromatic heterocycles. The third-order valence-electron chi connectivity index (χ3n) is 6.26. The highest BCUT2D eigenvalue weighted by Gasteiger charge is 2.41. The van der Waals surface area contributed by atoms with Gasteiger partial charge < -0.3 is 10.2 Å². The number of carbonyl (C=O) groups excluding carboxylic acids is 2. The van der Waals surface area contributed by atoms with Crippen molar-refractivity contribution in [3.05, 3.63) is 105 Å². The van der Waals surface area contributed by atoms with Gasteiger partial charge in [0.2, 0.25) is 5.43 Å². The van der Waals surface area contributed by atoms with Crippen LogP contribution in [0.4, 0.5) is 8.78 Å². The Labute approximate surface area is 211 Å². The molecule has 2 aliphatic rings. The lowest BCUT2D eigenvalue weighted by molar-refractivity contribution is -0.124. The van der Waals surface area contributed by atoms with Crippen LogP contribution in [0, 0.1) is 11.6 Å². The second kappa shape index (κ2) is 8.89. The molecule has 0 saturated heterocycles. The number of carboxylic acids is 1. The van der Waals surface area contributed by atoms with Gasteiger partial charge >= 0.3 is 5.97 Å². The zero-order valence-corrected chi connectivity index (χ0v) is 19.7. The third-order valence-corrected chi connectivity index (χ3v) is 7.37. The van der Waals surface area contributed by atoms with Crippen molar-refractivity contribution in [2.75, 3.05) is 11.7 Å². The van der Waals surface area contributed by atoms with Crippen LogP contribution in [0.15, 0.2) is 64.9 Å². The lowest BCUT2D eigenvalue weighted by Gasteiger charge is -2.43. The molecule has 2 amide bonds. The summed E-state index contributed by atoms with van der Waals surface area (Å²) in [5, 5.41) is 21.5. The summed E-state index contributed by atoms with van der Waals surface area (Å²) in [4.78, 5) is 51.6. The number of carboxylic acid groups (broad SMARTS) is 1. The number of hydrogen-bond acceptors (Lipinski definition) is 7. The standard InChI is InChI=1S/C25H17F2N3O6S/c1-2-18(31)28-11-30(29-9-14(25(35)36)22(32)23(33)21(29)24(28)34)20-12-7-8-16(26)19(27)15(12)10-37-17-6-4-3-5-13(17)20/h2-9,20,33H,1,10-11H2,(H,35,36)/t20-/m0/s1. The Hall–Kier alpha value is -4.45. The van der Waals surface area contributed by atoms with Crippen LogP contribution in [-0.2, 0) is 10.5 Å². The van der Waals surface area contributed by atoms with E-state index in [-0.39, 0.29) is 16.9 Å². The van der Waals surface area contributed by atoms with Gasteiger partial charge in [0, 0.05) is 22.4 Å². The Morgan fingerprint density at radius 3 is 2.54 bits per heavy atom. The molecule has 3 heterocycles. The highest BCUT2D eigenvalue weighted by molar-refractivity contribution is 7.98. The minimum Gasteiger partial charge on any atom is -0.502 e. The van der Waals surface area contributed by atoms with Gasteiger partial charge in [-0.2, -0.15) is 0 Å². The maximum absolute atomic E-state index is 15.0. The first-order valence-corrected chi connectivity index (χ1v) is 11.8. The SMILES string of the molecule is C=CC(=O)N1CN([C@@H]2c3ccccc3SCc3c2ccc(F)c3F)n2cc(C(=O)O)c(=O)c(O)c2C1=O. The van der Waals surface area contributed by atoms with Crippen LogP contribution in [0.2, 0.25) is 0 Å². The summed E-state index contributed by atoms with van der Waals surface area (Å²) >= 11 is 1.25. The van der Waals surface area contributed by atoms with E-state index in [9.17, 15) is 33.8 Å². The summed E-state index contributed by atoms with van der Waals surface area (Å²) in [6, 6.07) is 8.28. The van der Waals surface area contributed by atoms with E-state index in [0.717, 1.165) is 23.0 Å². The first-order valence-electron chi connectivity index (χ1n) is 10.8. The van der Waals surface area contributed by atoms with E-state index in [1.807, 2.05) is 0 Å². The molecule has 0 unspecified atom stereocenters. The fourth-order valence-corrected chi connectivity index (χ4v) is 5.64. The van der Waals surface area contributed by atoms with Gasteiger partial charge in [0.05, 0.1) is 6.04 Å². The van der Waals surface area contributed by atoms with Crippen molar-refractivity contribution < 1.29 is 33.4 Å². The zero-order chi connectivity index (χ0) is 26.6. The van der Waals surface area contributed by atoms with Crippen molar-refractivity contribution in [3.63, 3.8) is 0 Å². The predicted octanol–water partition coefficient (Wildman–Crippen LogP) is 2.99. The van der Waals surface area contributed by atoms with E-state index in [0.29, 0.717) is 15.4 Å². The van der Waals surface area contributed by atoms with Crippen LogP contribution in [0.1, 0.15) is 43.6 Å². The Balaban J connectivity index is 1.87. The Morgan fingerprint density at radius 1 is 1.11 bits per heavy atom. The van der Waals surface area contributed by atoms with Crippen molar-refractivity contribution in [3.8, 4) is 5.75 Å². The van der Waals surface area contributed by atoms with Crippen LogP contribution in [-0.4, -0.2) is 44.2 Å². The minimum absolute atomic E-state index is 0.0370. The molecule has 2 aromatic carbocycles. The number of pyridine rings is 1. The summed E-state index contributed by atoms with van der Waals surface area (Å²) in [6.45, 7) is 2.90. The van der Waals surface area contributed by atoms with Crippen molar-refractivity contribution >= 4 is 29.5 Å². The molecule has 5 rings (SSSR count). The summed E-state index contributed by atoms with van der Waals surface area (Å²) < 4.78 is 30.2. The van der Waals surface area contributed by atoms with E-state index in [4.69, 9.17) is 0 Å². The van der Waals surface area contributed by atoms with Gasteiger partial charge in [0.25, 0.3) is 11.8 Å². The Kier molecular flexibility index (Phi) is 5.83. The highest BCUT2D eigenvalue weighted by Crippen LogP contribution is 2.44. The highest BCUT2D eigenvalue weighted by atomic mass is 32.2. The zero-order valence-electron chi connectivity index (χ0n) is 18.9. The van der Waals surface area contributed by atoms with Gasteiger partial charge in [-0.05, 0) is 29.3 Å². The monoisotopic (exact) mass is 525 g/mol. The topological polar surface area (TPSA) is 120 Å². The number of hydrogen-bond donors (Lipinski definition) is 2. The molecule has 0 bridgehead atoms. The molecule has 12 heteroatoms. The number of thioether (sulfide) groups is 1. The summed E-state index contributed by atoms with van der Waals surface area (Å²) in [7, 11) is 0. The molecule has 0 spiro atoms. The number of amides is 2. The first kappa shape index (κ1) is 24.3.